The molecule has 2 aliphatic rings. The maximum absolute atomic E-state index is 4.88. The van der Waals surface area contributed by atoms with E-state index in [9.17, 15) is 0 Å². The second-order valence-corrected chi connectivity index (χ2v) is 7.20. The van der Waals surface area contributed by atoms with Crippen molar-refractivity contribution in [2.24, 2.45) is 0 Å². The molecule has 0 N–H and O–H groups in total. The number of piperidine rings is 1. The Bertz CT molecular complexity index is 708. The number of rotatable bonds is 2. The standard InChI is InChI=1S/C19H27N5/c1-15-19(21-18-8-4-3-7-17(18)20-15)24-12-10-23(11-13-24)16-6-5-9-22(2)14-16/h3-4,7-8,16H,5-6,9-14H2,1-2H3. The molecule has 4 rings (SSSR count). The number of benzene rings is 1. The Balaban J connectivity index is 1.46. The first kappa shape index (κ1) is 15.8. The molecular formula is C19H27N5. The molecule has 0 aliphatic carbocycles. The predicted molar refractivity (Wildman–Crippen MR) is 98.6 cm³/mol. The monoisotopic (exact) mass is 325 g/mol. The second kappa shape index (κ2) is 6.65. The van der Waals surface area contributed by atoms with Crippen LogP contribution in [0, 0.1) is 6.92 Å². The number of hydrogen-bond acceptors (Lipinski definition) is 5. The lowest BCUT2D eigenvalue weighted by Crippen LogP contribution is -2.54. The molecule has 2 saturated heterocycles. The molecule has 0 saturated carbocycles. The fraction of sp³-hybridized carbons (Fsp3) is 0.579. The average molecular weight is 325 g/mol. The van der Waals surface area contributed by atoms with Gasteiger partial charge in [-0.3, -0.25) is 4.90 Å². The minimum atomic E-state index is 0.731. The van der Waals surface area contributed by atoms with Crippen molar-refractivity contribution in [3.63, 3.8) is 0 Å². The van der Waals surface area contributed by atoms with E-state index in [4.69, 9.17) is 9.97 Å². The van der Waals surface area contributed by atoms with Crippen LogP contribution >= 0.6 is 0 Å². The van der Waals surface area contributed by atoms with Gasteiger partial charge in [0, 0.05) is 38.8 Å². The summed E-state index contributed by atoms with van der Waals surface area (Å²) in [6, 6.07) is 8.88. The largest absolute Gasteiger partial charge is 0.353 e. The van der Waals surface area contributed by atoms with Gasteiger partial charge in [-0.15, -0.1) is 0 Å². The van der Waals surface area contributed by atoms with E-state index in [-0.39, 0.29) is 0 Å². The van der Waals surface area contributed by atoms with Crippen LogP contribution in [-0.2, 0) is 0 Å². The summed E-state index contributed by atoms with van der Waals surface area (Å²) >= 11 is 0. The van der Waals surface area contributed by atoms with Gasteiger partial charge in [0.1, 0.15) is 0 Å². The van der Waals surface area contributed by atoms with Crippen molar-refractivity contribution in [1.29, 1.82) is 0 Å². The van der Waals surface area contributed by atoms with Crippen LogP contribution in [0.5, 0.6) is 0 Å². The van der Waals surface area contributed by atoms with Gasteiger partial charge in [-0.2, -0.15) is 0 Å². The first-order chi connectivity index (χ1) is 11.7. The number of piperazine rings is 1. The number of para-hydroxylation sites is 2. The minimum absolute atomic E-state index is 0.731. The van der Waals surface area contributed by atoms with Crippen LogP contribution < -0.4 is 4.90 Å². The normalized spacial score (nSPS) is 23.8. The molecule has 128 valence electrons. The van der Waals surface area contributed by atoms with Crippen LogP contribution in [-0.4, -0.2) is 72.1 Å². The molecule has 0 amide bonds. The molecule has 5 nitrogen and oxygen atoms in total. The zero-order valence-corrected chi connectivity index (χ0v) is 14.8. The number of anilines is 1. The summed E-state index contributed by atoms with van der Waals surface area (Å²) < 4.78 is 0. The summed E-state index contributed by atoms with van der Waals surface area (Å²) in [7, 11) is 2.25. The molecule has 1 aromatic heterocycles. The van der Waals surface area contributed by atoms with Crippen molar-refractivity contribution in [2.45, 2.75) is 25.8 Å². The van der Waals surface area contributed by atoms with Gasteiger partial charge >= 0.3 is 0 Å². The number of fused-ring (bicyclic) bond motifs is 1. The molecular weight excluding hydrogens is 298 g/mol. The van der Waals surface area contributed by atoms with Crippen LogP contribution in [0.3, 0.4) is 0 Å². The fourth-order valence-corrected chi connectivity index (χ4v) is 4.11. The summed E-state index contributed by atoms with van der Waals surface area (Å²) in [6.07, 6.45) is 2.68. The number of hydrogen-bond donors (Lipinski definition) is 0. The van der Waals surface area contributed by atoms with Gasteiger partial charge in [0.25, 0.3) is 0 Å². The second-order valence-electron chi connectivity index (χ2n) is 7.20. The Morgan fingerprint density at radius 2 is 1.67 bits per heavy atom. The quantitative estimate of drug-likeness (QED) is 0.845. The van der Waals surface area contributed by atoms with Crippen molar-refractivity contribution in [3.8, 4) is 0 Å². The molecule has 2 aromatic rings. The molecule has 0 radical (unpaired) electrons. The van der Waals surface area contributed by atoms with Crippen molar-refractivity contribution < 1.29 is 0 Å². The zero-order valence-electron chi connectivity index (χ0n) is 14.8. The van der Waals surface area contributed by atoms with E-state index in [1.54, 1.807) is 0 Å². The van der Waals surface area contributed by atoms with E-state index in [1.807, 2.05) is 18.2 Å². The summed E-state index contributed by atoms with van der Waals surface area (Å²) in [5.74, 6) is 1.06. The van der Waals surface area contributed by atoms with E-state index in [0.29, 0.717) is 0 Å². The number of aryl methyl sites for hydroxylation is 1. The van der Waals surface area contributed by atoms with Crippen LogP contribution in [0.25, 0.3) is 11.0 Å². The minimum Gasteiger partial charge on any atom is -0.353 e. The topological polar surface area (TPSA) is 35.5 Å². The van der Waals surface area contributed by atoms with Crippen LogP contribution in [0.2, 0.25) is 0 Å². The molecule has 0 spiro atoms. The van der Waals surface area contributed by atoms with Crippen LogP contribution in [0.4, 0.5) is 5.82 Å². The van der Waals surface area contributed by atoms with Gasteiger partial charge in [0.05, 0.1) is 16.7 Å². The van der Waals surface area contributed by atoms with E-state index in [1.165, 1.54) is 25.9 Å². The lowest BCUT2D eigenvalue weighted by molar-refractivity contribution is 0.106. The third-order valence-corrected chi connectivity index (χ3v) is 5.45. The van der Waals surface area contributed by atoms with E-state index in [2.05, 4.69) is 34.7 Å². The third kappa shape index (κ3) is 3.10. The highest BCUT2D eigenvalue weighted by Crippen LogP contribution is 2.23. The van der Waals surface area contributed by atoms with Crippen molar-refractivity contribution in [3.05, 3.63) is 30.0 Å². The molecule has 5 heteroatoms. The number of aromatic nitrogens is 2. The van der Waals surface area contributed by atoms with Gasteiger partial charge in [0.2, 0.25) is 0 Å². The Morgan fingerprint density at radius 3 is 2.38 bits per heavy atom. The smallest absolute Gasteiger partial charge is 0.150 e. The Labute approximate surface area is 144 Å². The summed E-state index contributed by atoms with van der Waals surface area (Å²) in [4.78, 5) is 17.2. The SMILES string of the molecule is Cc1nc2ccccc2nc1N1CCN(C2CCCN(C)C2)CC1. The first-order valence-corrected chi connectivity index (χ1v) is 9.11. The number of nitrogens with zero attached hydrogens (tertiary/aromatic N) is 5. The molecule has 2 aliphatic heterocycles. The predicted octanol–water partition coefficient (Wildman–Crippen LogP) is 2.15. The number of likely N-dealkylation sites (tertiary alicyclic amines) is 1. The Hall–Kier alpha value is -1.72. The summed E-state index contributed by atoms with van der Waals surface area (Å²) in [6.45, 7) is 8.91. The van der Waals surface area contributed by atoms with Crippen LogP contribution in [0.1, 0.15) is 18.5 Å². The molecule has 1 unspecified atom stereocenters. The molecule has 0 bridgehead atoms. The molecule has 24 heavy (non-hydrogen) atoms. The highest BCUT2D eigenvalue weighted by molar-refractivity contribution is 5.76. The highest BCUT2D eigenvalue weighted by atomic mass is 15.3. The summed E-state index contributed by atoms with van der Waals surface area (Å²) in [5.41, 5.74) is 3.02. The van der Waals surface area contributed by atoms with Gasteiger partial charge < -0.3 is 9.80 Å². The molecule has 1 aromatic carbocycles. The van der Waals surface area contributed by atoms with Gasteiger partial charge in [0.15, 0.2) is 5.82 Å². The van der Waals surface area contributed by atoms with E-state index < -0.39 is 0 Å². The van der Waals surface area contributed by atoms with E-state index in [0.717, 1.165) is 54.8 Å². The van der Waals surface area contributed by atoms with Crippen molar-refractivity contribution in [1.82, 2.24) is 19.8 Å². The lowest BCUT2D eigenvalue weighted by Gasteiger charge is -2.43. The summed E-state index contributed by atoms with van der Waals surface area (Å²) in [5, 5.41) is 0. The maximum atomic E-state index is 4.88. The van der Waals surface area contributed by atoms with Crippen molar-refractivity contribution in [2.75, 3.05) is 51.2 Å². The first-order valence-electron chi connectivity index (χ1n) is 9.11. The van der Waals surface area contributed by atoms with Gasteiger partial charge in [-0.1, -0.05) is 12.1 Å². The highest BCUT2D eigenvalue weighted by Gasteiger charge is 2.27. The van der Waals surface area contributed by atoms with Crippen molar-refractivity contribution >= 4 is 16.9 Å². The number of likely N-dealkylation sites (N-methyl/N-ethyl adjacent to an activating group) is 1. The third-order valence-electron chi connectivity index (χ3n) is 5.45. The Morgan fingerprint density at radius 1 is 0.958 bits per heavy atom. The Kier molecular flexibility index (Phi) is 4.37. The zero-order chi connectivity index (χ0) is 16.5. The molecule has 2 fully saturated rings. The molecule has 1 atom stereocenters. The van der Waals surface area contributed by atoms with Crippen LogP contribution in [0.15, 0.2) is 24.3 Å². The van der Waals surface area contributed by atoms with Gasteiger partial charge in [-0.25, -0.2) is 9.97 Å². The fourth-order valence-electron chi connectivity index (χ4n) is 4.11. The van der Waals surface area contributed by atoms with Gasteiger partial charge in [-0.05, 0) is 45.5 Å². The maximum Gasteiger partial charge on any atom is 0.150 e. The lowest BCUT2D eigenvalue weighted by atomic mass is 10.0. The average Bonchev–Trinajstić information content (AvgIpc) is 2.61. The molecule has 3 heterocycles. The van der Waals surface area contributed by atoms with E-state index >= 15 is 0 Å².